The summed E-state index contributed by atoms with van der Waals surface area (Å²) in [7, 11) is 0. The molecule has 10 heteroatoms. The topological polar surface area (TPSA) is 116 Å². The molecular weight excluding hydrogens is 540 g/mol. The number of hydrogen-bond acceptors (Lipinski definition) is 10. The molecular formula is C33H42N8O2. The zero-order valence-corrected chi connectivity index (χ0v) is 25.1. The molecule has 4 unspecified atom stereocenters. The lowest BCUT2D eigenvalue weighted by atomic mass is 10.0. The number of rotatable bonds is 7. The number of aromatic nitrogens is 3. The minimum Gasteiger partial charge on any atom is -0.507 e. The van der Waals surface area contributed by atoms with E-state index in [1.165, 1.54) is 0 Å². The Morgan fingerprint density at radius 2 is 2.05 bits per heavy atom. The van der Waals surface area contributed by atoms with Crippen molar-refractivity contribution in [3.63, 3.8) is 0 Å². The van der Waals surface area contributed by atoms with Gasteiger partial charge in [-0.1, -0.05) is 18.1 Å². The van der Waals surface area contributed by atoms with Crippen LogP contribution in [0.25, 0.3) is 11.3 Å². The molecule has 0 bridgehead atoms. The van der Waals surface area contributed by atoms with Gasteiger partial charge in [-0.15, -0.1) is 10.2 Å². The molecule has 1 aromatic carbocycles. The Morgan fingerprint density at radius 3 is 2.91 bits per heavy atom. The molecule has 2 aromatic heterocycles. The summed E-state index contributed by atoms with van der Waals surface area (Å²) in [6, 6.07) is 14.4. The second-order valence-electron chi connectivity index (χ2n) is 11.7. The van der Waals surface area contributed by atoms with Crippen LogP contribution in [0.3, 0.4) is 0 Å². The van der Waals surface area contributed by atoms with Gasteiger partial charge in [-0.3, -0.25) is 4.90 Å². The van der Waals surface area contributed by atoms with Gasteiger partial charge < -0.3 is 30.7 Å². The number of anilines is 3. The molecule has 3 saturated heterocycles. The molecule has 3 aliphatic rings. The highest BCUT2D eigenvalue weighted by atomic mass is 16.5. The monoisotopic (exact) mass is 582 g/mol. The number of nitrogen functional groups attached to an aromatic ring is 1. The molecule has 5 heterocycles. The summed E-state index contributed by atoms with van der Waals surface area (Å²) in [6.07, 6.45) is 5.42. The first kappa shape index (κ1) is 29.2. The molecule has 0 amide bonds. The highest BCUT2D eigenvalue weighted by Crippen LogP contribution is 2.34. The van der Waals surface area contributed by atoms with Crippen LogP contribution in [-0.2, 0) is 4.74 Å². The lowest BCUT2D eigenvalue weighted by Crippen LogP contribution is -2.59. The number of likely N-dealkylation sites (N-methyl/N-ethyl adjacent to an activating group) is 1. The Labute approximate surface area is 254 Å². The summed E-state index contributed by atoms with van der Waals surface area (Å²) in [6.45, 7) is 10.4. The van der Waals surface area contributed by atoms with Crippen LogP contribution in [-0.4, -0.2) is 95.3 Å². The van der Waals surface area contributed by atoms with E-state index in [1.54, 1.807) is 12.1 Å². The Hall–Kier alpha value is -3.91. The van der Waals surface area contributed by atoms with E-state index in [2.05, 4.69) is 73.0 Å². The fourth-order valence-electron chi connectivity index (χ4n) is 6.78. The maximum atomic E-state index is 10.4. The first-order chi connectivity index (χ1) is 21.0. The van der Waals surface area contributed by atoms with Crippen LogP contribution in [0, 0.1) is 11.8 Å². The van der Waals surface area contributed by atoms with Crippen molar-refractivity contribution < 1.29 is 9.84 Å². The lowest BCUT2D eigenvalue weighted by Gasteiger charge is -2.43. The number of piperidine rings is 1. The van der Waals surface area contributed by atoms with E-state index in [-0.39, 0.29) is 11.8 Å². The average molecular weight is 583 g/mol. The number of phenolic OH excluding ortho intramolecular Hbond substituents is 1. The van der Waals surface area contributed by atoms with Crippen molar-refractivity contribution in [2.75, 3.05) is 61.4 Å². The van der Waals surface area contributed by atoms with Gasteiger partial charge in [-0.25, -0.2) is 4.98 Å². The van der Waals surface area contributed by atoms with E-state index >= 15 is 0 Å². The van der Waals surface area contributed by atoms with Crippen LogP contribution in [0.5, 0.6) is 5.75 Å². The first-order valence-corrected chi connectivity index (χ1v) is 15.5. The second-order valence-corrected chi connectivity index (χ2v) is 11.7. The van der Waals surface area contributed by atoms with E-state index in [9.17, 15) is 5.11 Å². The summed E-state index contributed by atoms with van der Waals surface area (Å²) in [5.41, 5.74) is 10.4. The number of fused-ring (bicyclic) bond motifs is 1. The Kier molecular flexibility index (Phi) is 8.93. The minimum atomic E-state index is 0.170. The smallest absolute Gasteiger partial charge is 0.169 e. The van der Waals surface area contributed by atoms with Gasteiger partial charge in [0, 0.05) is 61.8 Å². The molecule has 4 atom stereocenters. The first-order valence-electron chi connectivity index (χ1n) is 15.5. The van der Waals surface area contributed by atoms with Gasteiger partial charge in [0.1, 0.15) is 11.4 Å². The molecule has 226 valence electrons. The molecule has 3 fully saturated rings. The largest absolute Gasteiger partial charge is 0.507 e. The van der Waals surface area contributed by atoms with Crippen molar-refractivity contribution in [2.24, 2.45) is 0 Å². The van der Waals surface area contributed by atoms with Gasteiger partial charge in [0.15, 0.2) is 5.82 Å². The molecule has 4 N–H and O–H groups in total. The number of nitrogens with one attached hydrogen (secondary N) is 1. The van der Waals surface area contributed by atoms with E-state index in [0.29, 0.717) is 35.3 Å². The Morgan fingerprint density at radius 1 is 1.16 bits per heavy atom. The highest BCUT2D eigenvalue weighted by Gasteiger charge is 2.34. The maximum absolute atomic E-state index is 10.4. The Balaban J connectivity index is 1.18. The van der Waals surface area contributed by atoms with Gasteiger partial charge in [0.2, 0.25) is 0 Å². The number of ether oxygens (including phenoxy) is 1. The number of aromatic hydroxyl groups is 1. The third kappa shape index (κ3) is 6.39. The third-order valence-electron chi connectivity index (χ3n) is 9.03. The van der Waals surface area contributed by atoms with Gasteiger partial charge in [0.05, 0.1) is 30.6 Å². The van der Waals surface area contributed by atoms with Crippen molar-refractivity contribution in [3.05, 3.63) is 54.4 Å². The van der Waals surface area contributed by atoms with E-state index in [0.717, 1.165) is 82.2 Å². The van der Waals surface area contributed by atoms with Gasteiger partial charge in [-0.05, 0) is 75.9 Å². The van der Waals surface area contributed by atoms with E-state index in [4.69, 9.17) is 10.5 Å². The van der Waals surface area contributed by atoms with E-state index in [1.807, 2.05) is 24.4 Å². The average Bonchev–Trinajstić information content (AvgIpc) is 3.40. The zero-order valence-electron chi connectivity index (χ0n) is 25.1. The SMILES string of the molecule is CCN(CC1CCC(C)N1c1ccnc(C#CCN2CCOC3CCNCC32)c1)c1cc(-c2ccccc2O)nnc1N. The second kappa shape index (κ2) is 13.2. The predicted octanol–water partition coefficient (Wildman–Crippen LogP) is 3.12. The van der Waals surface area contributed by atoms with E-state index < -0.39 is 0 Å². The molecule has 0 spiro atoms. The van der Waals surface area contributed by atoms with Crippen LogP contribution >= 0.6 is 0 Å². The number of para-hydroxylation sites is 1. The fourth-order valence-corrected chi connectivity index (χ4v) is 6.78. The summed E-state index contributed by atoms with van der Waals surface area (Å²) in [5, 5.41) is 22.4. The number of hydrogen-bond donors (Lipinski definition) is 3. The normalized spacial score (nSPS) is 23.8. The van der Waals surface area contributed by atoms with Crippen LogP contribution in [0.1, 0.15) is 38.8 Å². The summed E-state index contributed by atoms with van der Waals surface area (Å²) < 4.78 is 6.00. The number of nitrogens with zero attached hydrogens (tertiary/aromatic N) is 6. The fraction of sp³-hybridized carbons (Fsp3) is 0.485. The maximum Gasteiger partial charge on any atom is 0.169 e. The van der Waals surface area contributed by atoms with Crippen LogP contribution < -0.4 is 20.9 Å². The van der Waals surface area contributed by atoms with Crippen LogP contribution in [0.4, 0.5) is 17.2 Å². The van der Waals surface area contributed by atoms with Crippen molar-refractivity contribution in [1.82, 2.24) is 25.4 Å². The Bertz CT molecular complexity index is 1470. The zero-order chi connectivity index (χ0) is 29.8. The highest BCUT2D eigenvalue weighted by molar-refractivity contribution is 5.74. The molecule has 6 rings (SSSR count). The summed E-state index contributed by atoms with van der Waals surface area (Å²) in [5.74, 6) is 7.29. The molecule has 43 heavy (non-hydrogen) atoms. The summed E-state index contributed by atoms with van der Waals surface area (Å²) in [4.78, 5) is 11.8. The van der Waals surface area contributed by atoms with Gasteiger partial charge >= 0.3 is 0 Å². The number of pyridine rings is 1. The van der Waals surface area contributed by atoms with Crippen molar-refractivity contribution in [2.45, 2.75) is 57.3 Å². The van der Waals surface area contributed by atoms with Gasteiger partial charge in [0.25, 0.3) is 0 Å². The standard InChI is InChI=1S/C33H42N8O2/c1-3-39(29-20-28(37-38-33(29)34)27-8-4-5-9-31(27)42)22-26-11-10-23(2)41(26)25-12-15-36-24(19-25)7-6-16-40-17-18-43-32-13-14-35-21-30(32)40/h4-5,8-9,12,15,19-20,23,26,30,32,35,42H,3,10-11,13-14,16-18,21-22H2,1-2H3,(H2,34,38). The van der Waals surface area contributed by atoms with Crippen LogP contribution in [0.2, 0.25) is 0 Å². The molecule has 0 saturated carbocycles. The number of nitrogens with two attached hydrogens (primary N) is 1. The minimum absolute atomic E-state index is 0.170. The van der Waals surface area contributed by atoms with Crippen molar-refractivity contribution in [1.29, 1.82) is 0 Å². The van der Waals surface area contributed by atoms with Crippen molar-refractivity contribution in [3.8, 4) is 28.8 Å². The molecule has 0 aliphatic carbocycles. The van der Waals surface area contributed by atoms with Gasteiger partial charge in [-0.2, -0.15) is 0 Å². The molecule has 3 aromatic rings. The third-order valence-corrected chi connectivity index (χ3v) is 9.03. The number of phenols is 1. The molecule has 10 nitrogen and oxygen atoms in total. The summed E-state index contributed by atoms with van der Waals surface area (Å²) >= 11 is 0. The number of benzene rings is 1. The molecule has 0 radical (unpaired) electrons. The van der Waals surface area contributed by atoms with Crippen LogP contribution in [0.15, 0.2) is 48.7 Å². The lowest BCUT2D eigenvalue weighted by molar-refractivity contribution is -0.0777. The number of morpholine rings is 1. The predicted molar refractivity (Wildman–Crippen MR) is 170 cm³/mol. The molecule has 3 aliphatic heterocycles. The quantitative estimate of drug-likeness (QED) is 0.359. The van der Waals surface area contributed by atoms with Crippen molar-refractivity contribution >= 4 is 17.2 Å².